The number of carbonyl (C=O) groups is 1. The molecule has 5 heteroatoms. The molecule has 0 aromatic heterocycles. The van der Waals surface area contributed by atoms with Gasteiger partial charge >= 0.3 is 5.97 Å². The summed E-state index contributed by atoms with van der Waals surface area (Å²) >= 11 is 0. The van der Waals surface area contributed by atoms with Gasteiger partial charge in [0.05, 0.1) is 19.4 Å². The van der Waals surface area contributed by atoms with Crippen molar-refractivity contribution in [3.05, 3.63) is 24.3 Å². The summed E-state index contributed by atoms with van der Waals surface area (Å²) in [7, 11) is 3.65. The van der Waals surface area contributed by atoms with Crippen LogP contribution in [0.4, 0.5) is 5.69 Å². The Morgan fingerprint density at radius 1 is 1.43 bits per heavy atom. The van der Waals surface area contributed by atoms with Gasteiger partial charge in [0, 0.05) is 6.54 Å². The first kappa shape index (κ1) is 15.6. The van der Waals surface area contributed by atoms with Crippen molar-refractivity contribution in [1.29, 1.82) is 0 Å². The molecule has 0 bridgehead atoms. The zero-order chi connectivity index (χ0) is 15.3. The van der Waals surface area contributed by atoms with Crippen molar-refractivity contribution in [2.24, 2.45) is 0 Å². The highest BCUT2D eigenvalue weighted by atomic mass is 16.5. The van der Waals surface area contributed by atoms with E-state index in [1.165, 1.54) is 0 Å². The molecular weight excluding hydrogens is 268 g/mol. The Morgan fingerprint density at radius 3 is 2.86 bits per heavy atom. The molecule has 1 fully saturated rings. The van der Waals surface area contributed by atoms with Crippen LogP contribution in [0.3, 0.4) is 0 Å². The summed E-state index contributed by atoms with van der Waals surface area (Å²) in [4.78, 5) is 14.7. The molecule has 21 heavy (non-hydrogen) atoms. The Kier molecular flexibility index (Phi) is 5.07. The molecule has 1 unspecified atom stereocenters. The quantitative estimate of drug-likeness (QED) is 0.843. The van der Waals surface area contributed by atoms with Crippen LogP contribution < -0.4 is 10.1 Å². The minimum Gasteiger partial charge on any atom is -0.495 e. The van der Waals surface area contributed by atoms with Crippen molar-refractivity contribution in [2.75, 3.05) is 39.2 Å². The van der Waals surface area contributed by atoms with Gasteiger partial charge in [-0.1, -0.05) is 12.1 Å². The predicted molar refractivity (Wildman–Crippen MR) is 82.7 cm³/mol. The van der Waals surface area contributed by atoms with Gasteiger partial charge in [0.2, 0.25) is 0 Å². The van der Waals surface area contributed by atoms with E-state index in [1.54, 1.807) is 7.11 Å². The number of esters is 1. The van der Waals surface area contributed by atoms with E-state index in [-0.39, 0.29) is 5.97 Å². The average molecular weight is 292 g/mol. The number of benzene rings is 1. The maximum absolute atomic E-state index is 12.5. The van der Waals surface area contributed by atoms with Crippen molar-refractivity contribution in [3.63, 3.8) is 0 Å². The van der Waals surface area contributed by atoms with E-state index >= 15 is 0 Å². The summed E-state index contributed by atoms with van der Waals surface area (Å²) < 4.78 is 10.7. The van der Waals surface area contributed by atoms with Gasteiger partial charge in [-0.05, 0) is 45.5 Å². The van der Waals surface area contributed by atoms with E-state index in [9.17, 15) is 4.79 Å². The van der Waals surface area contributed by atoms with Crippen LogP contribution in [0.15, 0.2) is 24.3 Å². The van der Waals surface area contributed by atoms with Crippen LogP contribution in [0.5, 0.6) is 5.75 Å². The van der Waals surface area contributed by atoms with Crippen LogP contribution in [0, 0.1) is 0 Å². The third-order valence-electron chi connectivity index (χ3n) is 3.83. The molecule has 1 aliphatic heterocycles. The van der Waals surface area contributed by atoms with E-state index in [0.29, 0.717) is 13.2 Å². The monoisotopic (exact) mass is 292 g/mol. The summed E-state index contributed by atoms with van der Waals surface area (Å²) in [5, 5.41) is 3.39. The van der Waals surface area contributed by atoms with Crippen LogP contribution in [-0.4, -0.2) is 50.3 Å². The van der Waals surface area contributed by atoms with E-state index in [4.69, 9.17) is 9.47 Å². The molecule has 1 aromatic rings. The van der Waals surface area contributed by atoms with Gasteiger partial charge in [-0.25, -0.2) is 4.79 Å². The van der Waals surface area contributed by atoms with Crippen molar-refractivity contribution >= 4 is 11.7 Å². The Morgan fingerprint density at radius 2 is 2.19 bits per heavy atom. The summed E-state index contributed by atoms with van der Waals surface area (Å²) in [6.45, 7) is 3.85. The first-order valence-electron chi connectivity index (χ1n) is 7.38. The van der Waals surface area contributed by atoms with E-state index in [1.807, 2.05) is 38.2 Å². The number of para-hydroxylation sites is 2. The second-order valence-corrected chi connectivity index (χ2v) is 5.47. The number of ether oxygens (including phenoxy) is 2. The topological polar surface area (TPSA) is 50.8 Å². The Balaban J connectivity index is 2.29. The van der Waals surface area contributed by atoms with Crippen molar-refractivity contribution in [2.45, 2.75) is 25.3 Å². The molecule has 0 radical (unpaired) electrons. The normalized spacial score (nSPS) is 22.6. The zero-order valence-corrected chi connectivity index (χ0v) is 13.0. The molecule has 0 spiro atoms. The van der Waals surface area contributed by atoms with Crippen LogP contribution in [0.25, 0.3) is 0 Å². The molecule has 0 amide bonds. The van der Waals surface area contributed by atoms with Crippen LogP contribution in [0.2, 0.25) is 0 Å². The Labute approximate surface area is 126 Å². The molecule has 2 rings (SSSR count). The molecule has 5 nitrogen and oxygen atoms in total. The lowest BCUT2D eigenvalue weighted by atomic mass is 9.88. The second kappa shape index (κ2) is 6.80. The third kappa shape index (κ3) is 3.47. The van der Waals surface area contributed by atoms with Gasteiger partial charge in [-0.3, -0.25) is 0 Å². The number of nitrogens with zero attached hydrogens (tertiary/aromatic N) is 1. The average Bonchev–Trinajstić information content (AvgIpc) is 2.48. The lowest BCUT2D eigenvalue weighted by Crippen LogP contribution is -2.57. The number of likely N-dealkylation sites (N-methyl/N-ethyl adjacent to an activating group) is 1. The largest absolute Gasteiger partial charge is 0.495 e. The summed E-state index contributed by atoms with van der Waals surface area (Å²) in [5.74, 6) is 0.539. The summed E-state index contributed by atoms with van der Waals surface area (Å²) in [6.07, 6.45) is 1.71. The smallest absolute Gasteiger partial charge is 0.333 e. The van der Waals surface area contributed by atoms with Gasteiger partial charge in [-0.2, -0.15) is 0 Å². The second-order valence-electron chi connectivity index (χ2n) is 5.47. The number of piperidine rings is 1. The zero-order valence-electron chi connectivity index (χ0n) is 13.0. The minimum absolute atomic E-state index is 0.192. The molecule has 1 heterocycles. The number of rotatable bonds is 5. The first-order valence-corrected chi connectivity index (χ1v) is 7.38. The standard InChI is InChI=1S/C16H24N2O3/c1-4-21-15(19)16(10-7-11-18(2)12-16)17-13-8-5-6-9-14(13)20-3/h5-6,8-9,17H,4,7,10-12H2,1-3H3. The Hall–Kier alpha value is -1.75. The van der Waals surface area contributed by atoms with Crippen molar-refractivity contribution in [1.82, 2.24) is 4.90 Å². The fourth-order valence-electron chi connectivity index (χ4n) is 2.86. The molecular formula is C16H24N2O3. The SMILES string of the molecule is CCOC(=O)C1(Nc2ccccc2OC)CCCN(C)C1. The van der Waals surface area contributed by atoms with Gasteiger partial charge in [-0.15, -0.1) is 0 Å². The third-order valence-corrected chi connectivity index (χ3v) is 3.83. The lowest BCUT2D eigenvalue weighted by Gasteiger charge is -2.40. The van der Waals surface area contributed by atoms with Crippen molar-refractivity contribution in [3.8, 4) is 5.75 Å². The lowest BCUT2D eigenvalue weighted by molar-refractivity contribution is -0.150. The van der Waals surface area contributed by atoms with Gasteiger partial charge in [0.15, 0.2) is 0 Å². The fourth-order valence-corrected chi connectivity index (χ4v) is 2.86. The van der Waals surface area contributed by atoms with E-state index in [0.717, 1.165) is 30.8 Å². The number of carbonyl (C=O) groups excluding carboxylic acids is 1. The van der Waals surface area contributed by atoms with Gasteiger partial charge in [0.25, 0.3) is 0 Å². The molecule has 1 N–H and O–H groups in total. The molecule has 1 aliphatic rings. The molecule has 1 atom stereocenters. The fraction of sp³-hybridized carbons (Fsp3) is 0.562. The van der Waals surface area contributed by atoms with Crippen LogP contribution in [0.1, 0.15) is 19.8 Å². The van der Waals surface area contributed by atoms with E-state index < -0.39 is 5.54 Å². The molecule has 116 valence electrons. The van der Waals surface area contributed by atoms with Gasteiger partial charge < -0.3 is 19.7 Å². The van der Waals surface area contributed by atoms with Crippen LogP contribution >= 0.6 is 0 Å². The van der Waals surface area contributed by atoms with Crippen LogP contribution in [-0.2, 0) is 9.53 Å². The maximum Gasteiger partial charge on any atom is 0.333 e. The first-order chi connectivity index (χ1) is 10.1. The minimum atomic E-state index is -0.711. The number of methoxy groups -OCH3 is 1. The number of nitrogens with one attached hydrogen (secondary N) is 1. The van der Waals surface area contributed by atoms with Crippen molar-refractivity contribution < 1.29 is 14.3 Å². The predicted octanol–water partition coefficient (Wildman–Crippen LogP) is 2.13. The number of hydrogen-bond donors (Lipinski definition) is 1. The summed E-state index contributed by atoms with van der Waals surface area (Å²) in [5.41, 5.74) is 0.112. The molecule has 1 aromatic carbocycles. The Bertz CT molecular complexity index is 492. The number of anilines is 1. The summed E-state index contributed by atoms with van der Waals surface area (Å²) in [6, 6.07) is 7.65. The molecule has 1 saturated heterocycles. The van der Waals surface area contributed by atoms with Gasteiger partial charge in [0.1, 0.15) is 11.3 Å². The highest BCUT2D eigenvalue weighted by Gasteiger charge is 2.43. The van der Waals surface area contributed by atoms with E-state index in [2.05, 4.69) is 10.2 Å². The number of hydrogen-bond acceptors (Lipinski definition) is 5. The molecule has 0 aliphatic carbocycles. The maximum atomic E-state index is 12.5. The highest BCUT2D eigenvalue weighted by Crippen LogP contribution is 2.31. The number of likely N-dealkylation sites (tertiary alicyclic amines) is 1. The molecule has 0 saturated carbocycles. The highest BCUT2D eigenvalue weighted by molar-refractivity contribution is 5.86.